The smallest absolute Gasteiger partial charge is 0.333 e. The molecule has 0 aliphatic heterocycles. The Morgan fingerprint density at radius 1 is 0.944 bits per heavy atom. The van der Waals surface area contributed by atoms with Crippen LogP contribution in [0.2, 0.25) is 0 Å². The van der Waals surface area contributed by atoms with Gasteiger partial charge in [-0.1, -0.05) is 81.9 Å². The average molecular weight is 489 g/mol. The van der Waals surface area contributed by atoms with E-state index in [-0.39, 0.29) is 30.3 Å². The van der Waals surface area contributed by atoms with Crippen molar-refractivity contribution < 1.29 is 29.3 Å². The van der Waals surface area contributed by atoms with Crippen LogP contribution in [0.3, 0.4) is 0 Å². The first kappa shape index (κ1) is 26.7. The number of phenols is 1. The summed E-state index contributed by atoms with van der Waals surface area (Å²) in [6.07, 6.45) is -1.06. The molecule has 0 aromatic heterocycles. The lowest BCUT2D eigenvalue weighted by Gasteiger charge is -2.24. The minimum Gasteiger partial charge on any atom is -0.507 e. The van der Waals surface area contributed by atoms with Crippen LogP contribution in [-0.2, 0) is 14.9 Å². The Morgan fingerprint density at radius 2 is 1.58 bits per heavy atom. The number of benzene rings is 3. The van der Waals surface area contributed by atoms with Gasteiger partial charge in [0.25, 0.3) is 0 Å². The summed E-state index contributed by atoms with van der Waals surface area (Å²) in [5.41, 5.74) is 2.43. The summed E-state index contributed by atoms with van der Waals surface area (Å²) in [5.74, 6) is -0.293. The van der Waals surface area contributed by atoms with Gasteiger partial charge in [-0.2, -0.15) is 0 Å². The fourth-order valence-corrected chi connectivity index (χ4v) is 3.66. The highest BCUT2D eigenvalue weighted by molar-refractivity contribution is 6.13. The van der Waals surface area contributed by atoms with E-state index < -0.39 is 17.5 Å². The van der Waals surface area contributed by atoms with Crippen molar-refractivity contribution in [1.29, 1.82) is 0 Å². The van der Waals surface area contributed by atoms with Crippen LogP contribution in [0.5, 0.6) is 11.5 Å². The number of carbonyl (C=O) groups excluding carboxylic acids is 2. The molecule has 1 unspecified atom stereocenters. The molecule has 3 rings (SSSR count). The number of esters is 1. The number of rotatable bonds is 9. The fourth-order valence-electron chi connectivity index (χ4n) is 3.66. The van der Waals surface area contributed by atoms with Gasteiger partial charge in [-0.05, 0) is 30.0 Å². The molecule has 0 fully saturated rings. The highest BCUT2D eigenvalue weighted by Crippen LogP contribution is 2.43. The lowest BCUT2D eigenvalue weighted by molar-refractivity contribution is -0.142. The van der Waals surface area contributed by atoms with Crippen LogP contribution in [0.4, 0.5) is 0 Å². The highest BCUT2D eigenvalue weighted by Gasteiger charge is 2.25. The molecule has 1 atom stereocenters. The highest BCUT2D eigenvalue weighted by atomic mass is 16.5. The number of carbonyl (C=O) groups is 2. The Labute approximate surface area is 211 Å². The molecular formula is C30H32O6. The van der Waals surface area contributed by atoms with E-state index in [9.17, 15) is 19.8 Å². The van der Waals surface area contributed by atoms with E-state index in [1.54, 1.807) is 60.7 Å². The first-order valence-corrected chi connectivity index (χ1v) is 11.7. The van der Waals surface area contributed by atoms with Gasteiger partial charge in [-0.3, -0.25) is 4.79 Å². The number of hydrogen-bond donors (Lipinski definition) is 2. The molecule has 0 saturated carbocycles. The van der Waals surface area contributed by atoms with Crippen molar-refractivity contribution in [3.63, 3.8) is 0 Å². The molecule has 0 aliphatic rings. The average Bonchev–Trinajstić information content (AvgIpc) is 2.85. The number of aliphatic hydroxyl groups excluding tert-OH is 1. The van der Waals surface area contributed by atoms with Gasteiger partial charge in [0.05, 0.1) is 0 Å². The van der Waals surface area contributed by atoms with Crippen LogP contribution in [0, 0.1) is 0 Å². The van der Waals surface area contributed by atoms with Crippen molar-refractivity contribution in [3.8, 4) is 22.6 Å². The molecule has 3 aromatic carbocycles. The van der Waals surface area contributed by atoms with E-state index in [0.29, 0.717) is 33.6 Å². The number of aliphatic hydroxyl groups is 1. The lowest BCUT2D eigenvalue weighted by atomic mass is 9.83. The number of hydrogen-bond acceptors (Lipinski definition) is 6. The van der Waals surface area contributed by atoms with Crippen molar-refractivity contribution in [2.45, 2.75) is 39.2 Å². The molecule has 0 radical (unpaired) electrons. The van der Waals surface area contributed by atoms with E-state index in [2.05, 4.69) is 6.58 Å². The Balaban J connectivity index is 1.98. The predicted molar refractivity (Wildman–Crippen MR) is 139 cm³/mol. The predicted octanol–water partition coefficient (Wildman–Crippen LogP) is 5.45. The molecule has 0 spiro atoms. The van der Waals surface area contributed by atoms with Crippen LogP contribution in [0.25, 0.3) is 11.1 Å². The van der Waals surface area contributed by atoms with Gasteiger partial charge in [0, 0.05) is 27.8 Å². The van der Waals surface area contributed by atoms with E-state index in [1.807, 2.05) is 26.8 Å². The third-order valence-corrected chi connectivity index (χ3v) is 5.59. The molecular weight excluding hydrogens is 456 g/mol. The van der Waals surface area contributed by atoms with Gasteiger partial charge in [0.2, 0.25) is 0 Å². The molecule has 0 heterocycles. The largest absolute Gasteiger partial charge is 0.507 e. The molecule has 0 bridgehead atoms. The summed E-state index contributed by atoms with van der Waals surface area (Å²) in [6.45, 7) is 10.5. The molecule has 6 heteroatoms. The monoisotopic (exact) mass is 488 g/mol. The second kappa shape index (κ2) is 11.2. The first-order valence-electron chi connectivity index (χ1n) is 11.7. The Bertz CT molecular complexity index is 1250. The number of aromatic hydroxyl groups is 1. The topological polar surface area (TPSA) is 93.1 Å². The minimum absolute atomic E-state index is 0.0547. The van der Waals surface area contributed by atoms with Gasteiger partial charge in [-0.25, -0.2) is 4.79 Å². The van der Waals surface area contributed by atoms with Crippen LogP contribution in [0.15, 0.2) is 78.9 Å². The summed E-state index contributed by atoms with van der Waals surface area (Å²) >= 11 is 0. The molecule has 6 nitrogen and oxygen atoms in total. The van der Waals surface area contributed by atoms with E-state index in [4.69, 9.17) is 9.47 Å². The summed E-state index contributed by atoms with van der Waals surface area (Å²) in [5, 5.41) is 21.5. The zero-order valence-electron chi connectivity index (χ0n) is 21.1. The second-order valence-corrected chi connectivity index (χ2v) is 9.70. The van der Waals surface area contributed by atoms with Crippen molar-refractivity contribution in [2.24, 2.45) is 0 Å². The van der Waals surface area contributed by atoms with E-state index >= 15 is 0 Å². The van der Waals surface area contributed by atoms with Gasteiger partial charge >= 0.3 is 5.97 Å². The van der Waals surface area contributed by atoms with Crippen molar-refractivity contribution in [3.05, 3.63) is 95.6 Å². The SMILES string of the molecule is C=C(C)C(=O)OCC(O)COc1cc(-c2ccccc2C(=O)c2ccccc2)c(O)c(C(C)(C)C)c1. The zero-order chi connectivity index (χ0) is 26.5. The third kappa shape index (κ3) is 6.40. The van der Waals surface area contributed by atoms with Crippen LogP contribution in [-0.4, -0.2) is 41.3 Å². The maximum absolute atomic E-state index is 13.3. The summed E-state index contributed by atoms with van der Waals surface area (Å²) < 4.78 is 10.8. The van der Waals surface area contributed by atoms with Crippen molar-refractivity contribution >= 4 is 11.8 Å². The summed E-state index contributed by atoms with van der Waals surface area (Å²) in [4.78, 5) is 24.9. The maximum atomic E-state index is 13.3. The Hall–Kier alpha value is -3.90. The molecule has 36 heavy (non-hydrogen) atoms. The van der Waals surface area contributed by atoms with Crippen LogP contribution in [0.1, 0.15) is 49.2 Å². The van der Waals surface area contributed by atoms with Gasteiger partial charge in [-0.15, -0.1) is 0 Å². The van der Waals surface area contributed by atoms with Gasteiger partial charge in [0.1, 0.15) is 30.8 Å². The number of phenolic OH excluding ortho intramolecular Hbond substituents is 1. The van der Waals surface area contributed by atoms with Crippen LogP contribution >= 0.6 is 0 Å². The number of ketones is 1. The minimum atomic E-state index is -1.06. The standard InChI is InChI=1S/C30H32O6/c1-19(2)29(34)36-18-21(31)17-35-22-15-25(28(33)26(16-22)30(3,4)5)23-13-9-10-14-24(23)27(32)20-11-7-6-8-12-20/h6-16,21,31,33H,1,17-18H2,2-5H3. The first-order chi connectivity index (χ1) is 17.0. The lowest BCUT2D eigenvalue weighted by Crippen LogP contribution is -2.25. The molecule has 2 N–H and O–H groups in total. The molecule has 0 amide bonds. The normalized spacial score (nSPS) is 12.0. The fraction of sp³-hybridized carbons (Fsp3) is 0.267. The summed E-state index contributed by atoms with van der Waals surface area (Å²) in [6, 6.07) is 19.4. The Kier molecular flexibility index (Phi) is 8.33. The quantitative estimate of drug-likeness (QED) is 0.236. The molecule has 0 saturated heterocycles. The van der Waals surface area contributed by atoms with Gasteiger partial charge in [0.15, 0.2) is 5.78 Å². The Morgan fingerprint density at radius 3 is 2.22 bits per heavy atom. The second-order valence-electron chi connectivity index (χ2n) is 9.70. The zero-order valence-corrected chi connectivity index (χ0v) is 21.1. The van der Waals surface area contributed by atoms with Crippen LogP contribution < -0.4 is 4.74 Å². The third-order valence-electron chi connectivity index (χ3n) is 5.59. The maximum Gasteiger partial charge on any atom is 0.333 e. The molecule has 3 aromatic rings. The summed E-state index contributed by atoms with van der Waals surface area (Å²) in [7, 11) is 0. The van der Waals surface area contributed by atoms with E-state index in [1.165, 1.54) is 6.92 Å². The van der Waals surface area contributed by atoms with Crippen molar-refractivity contribution in [1.82, 2.24) is 0 Å². The number of ether oxygens (including phenoxy) is 2. The van der Waals surface area contributed by atoms with Gasteiger partial charge < -0.3 is 19.7 Å². The molecule has 188 valence electrons. The van der Waals surface area contributed by atoms with E-state index in [0.717, 1.165) is 0 Å². The molecule has 0 aliphatic carbocycles. The van der Waals surface area contributed by atoms with Crippen molar-refractivity contribution in [2.75, 3.05) is 13.2 Å².